The van der Waals surface area contributed by atoms with Gasteiger partial charge in [0.1, 0.15) is 0 Å². The zero-order valence-corrected chi connectivity index (χ0v) is 7.05. The van der Waals surface area contributed by atoms with Crippen LogP contribution in [0, 0.1) is 30.1 Å². The molecule has 4 rings (SSSR count). The Balaban J connectivity index is 1.94. The smallest absolute Gasteiger partial charge is 0.0255 e. The maximum atomic E-state index is 6.32. The molecule has 0 aliphatic heterocycles. The molecule has 4 bridgehead atoms. The van der Waals surface area contributed by atoms with Gasteiger partial charge in [0.25, 0.3) is 0 Å². The minimum Gasteiger partial charge on any atom is -0.0475 e. The Hall–Kier alpha value is 0. The molecule has 4 aliphatic carbocycles. The third-order valence-electron chi connectivity index (χ3n) is 4.09. The molecule has 0 heteroatoms. The molecule has 0 aromatic rings. The summed E-state index contributed by atoms with van der Waals surface area (Å²) in [5.74, 6) is 3.06. The molecule has 0 amide bonds. The molecule has 4 aliphatic rings. The maximum absolute atomic E-state index is 6.32. The van der Waals surface area contributed by atoms with Crippen molar-refractivity contribution in [1.29, 1.82) is 0 Å². The van der Waals surface area contributed by atoms with Crippen LogP contribution in [0.25, 0.3) is 0 Å². The van der Waals surface area contributed by atoms with Crippen molar-refractivity contribution in [2.45, 2.75) is 38.5 Å². The van der Waals surface area contributed by atoms with Crippen molar-refractivity contribution in [2.24, 2.45) is 23.2 Å². The van der Waals surface area contributed by atoms with Crippen LogP contribution in [-0.4, -0.2) is 0 Å². The van der Waals surface area contributed by atoms with E-state index in [1.807, 2.05) is 0 Å². The Kier molecular flexibility index (Phi) is 1.09. The molecule has 0 aromatic heterocycles. The molecule has 60 valence electrons. The highest BCUT2D eigenvalue weighted by Gasteiger charge is 2.48. The van der Waals surface area contributed by atoms with Crippen LogP contribution in [0.3, 0.4) is 0 Å². The van der Waals surface area contributed by atoms with E-state index < -0.39 is 0 Å². The largest absolute Gasteiger partial charge is 0.0475 e. The van der Waals surface area contributed by atoms with Crippen molar-refractivity contribution < 1.29 is 0 Å². The van der Waals surface area contributed by atoms with Crippen LogP contribution in [0.15, 0.2) is 0 Å². The Morgan fingerprint density at radius 3 is 1.45 bits per heavy atom. The topological polar surface area (TPSA) is 0 Å². The second kappa shape index (κ2) is 1.84. The highest BCUT2D eigenvalue weighted by molar-refractivity contribution is 5.02. The fourth-order valence-corrected chi connectivity index (χ4v) is 4.18. The lowest BCUT2D eigenvalue weighted by molar-refractivity contribution is -0.0254. The van der Waals surface area contributed by atoms with Crippen molar-refractivity contribution in [1.82, 2.24) is 0 Å². The Labute approximate surface area is 69.4 Å². The minimum absolute atomic E-state index is 0.300. The van der Waals surface area contributed by atoms with E-state index in [1.54, 1.807) is 0 Å². The highest BCUT2D eigenvalue weighted by atomic mass is 14.5. The first-order valence-corrected chi connectivity index (χ1v) is 5.02. The standard InChI is InChI=1S/C11H16/c1-11-5-8-2-9(6-11)4-10(3-8)7-11/h1,8-10H,2-7H2. The van der Waals surface area contributed by atoms with Crippen LogP contribution >= 0.6 is 0 Å². The molecule has 2 radical (unpaired) electrons. The molecule has 4 saturated carbocycles. The van der Waals surface area contributed by atoms with Gasteiger partial charge in [-0.1, -0.05) is 0 Å². The van der Waals surface area contributed by atoms with Crippen LogP contribution < -0.4 is 0 Å². The van der Waals surface area contributed by atoms with Crippen molar-refractivity contribution in [2.75, 3.05) is 0 Å². The summed E-state index contributed by atoms with van der Waals surface area (Å²) >= 11 is 0. The first-order valence-electron chi connectivity index (χ1n) is 5.02. The summed E-state index contributed by atoms with van der Waals surface area (Å²) in [5.41, 5.74) is 0.300. The van der Waals surface area contributed by atoms with Gasteiger partial charge in [0, 0.05) is 0 Å². The normalized spacial score (nSPS) is 60.3. The maximum Gasteiger partial charge on any atom is -0.0255 e. The van der Waals surface area contributed by atoms with E-state index in [-0.39, 0.29) is 0 Å². The van der Waals surface area contributed by atoms with Crippen LogP contribution in [0.5, 0.6) is 0 Å². The fraction of sp³-hybridized carbons (Fsp3) is 0.909. The fourth-order valence-electron chi connectivity index (χ4n) is 4.18. The number of hydrogen-bond donors (Lipinski definition) is 0. The van der Waals surface area contributed by atoms with Gasteiger partial charge in [-0.2, -0.15) is 0 Å². The van der Waals surface area contributed by atoms with Crippen molar-refractivity contribution >= 4 is 0 Å². The van der Waals surface area contributed by atoms with Gasteiger partial charge in [-0.15, -0.1) is 0 Å². The van der Waals surface area contributed by atoms with Gasteiger partial charge in [-0.05, 0) is 68.6 Å². The summed E-state index contributed by atoms with van der Waals surface area (Å²) in [6, 6.07) is 0. The summed E-state index contributed by atoms with van der Waals surface area (Å²) < 4.78 is 0. The average molecular weight is 148 g/mol. The van der Waals surface area contributed by atoms with Gasteiger partial charge in [0.2, 0.25) is 0 Å². The van der Waals surface area contributed by atoms with Crippen molar-refractivity contribution in [3.05, 3.63) is 6.92 Å². The molecule has 0 N–H and O–H groups in total. The zero-order chi connectivity index (χ0) is 7.47. The second-order valence-corrected chi connectivity index (χ2v) is 5.28. The molecular formula is C11H16. The van der Waals surface area contributed by atoms with E-state index in [4.69, 9.17) is 6.92 Å². The van der Waals surface area contributed by atoms with Gasteiger partial charge in [0.05, 0.1) is 0 Å². The Morgan fingerprint density at radius 2 is 1.18 bits per heavy atom. The molecule has 0 spiro atoms. The molecule has 0 heterocycles. The molecule has 0 unspecified atom stereocenters. The average Bonchev–Trinajstić information content (AvgIpc) is 1.79. The zero-order valence-electron chi connectivity index (χ0n) is 7.05. The lowest BCUT2D eigenvalue weighted by Crippen LogP contribution is -2.44. The van der Waals surface area contributed by atoms with Gasteiger partial charge in [-0.25, -0.2) is 0 Å². The van der Waals surface area contributed by atoms with Crippen LogP contribution in [0.2, 0.25) is 0 Å². The number of rotatable bonds is 0. The molecule has 0 atom stereocenters. The predicted octanol–water partition coefficient (Wildman–Crippen LogP) is 2.91. The second-order valence-electron chi connectivity index (χ2n) is 5.28. The van der Waals surface area contributed by atoms with E-state index in [9.17, 15) is 0 Å². The number of hydrogen-bond acceptors (Lipinski definition) is 0. The third kappa shape index (κ3) is 0.878. The summed E-state index contributed by atoms with van der Waals surface area (Å²) in [4.78, 5) is 0. The van der Waals surface area contributed by atoms with E-state index in [2.05, 4.69) is 0 Å². The van der Waals surface area contributed by atoms with Crippen LogP contribution in [0.1, 0.15) is 38.5 Å². The monoisotopic (exact) mass is 148 g/mol. The van der Waals surface area contributed by atoms with E-state index in [1.165, 1.54) is 38.5 Å². The van der Waals surface area contributed by atoms with Gasteiger partial charge in [0.15, 0.2) is 0 Å². The summed E-state index contributed by atoms with van der Waals surface area (Å²) in [6.07, 6.45) is 8.57. The SMILES string of the molecule is [CH]C12CC3CC(CC(C3)C1)C2. The van der Waals surface area contributed by atoms with Crippen LogP contribution in [0.4, 0.5) is 0 Å². The minimum atomic E-state index is 0.300. The Bertz CT molecular complexity index is 145. The molecule has 0 aromatic carbocycles. The van der Waals surface area contributed by atoms with Crippen molar-refractivity contribution in [3.63, 3.8) is 0 Å². The summed E-state index contributed by atoms with van der Waals surface area (Å²) in [5, 5.41) is 0. The third-order valence-corrected chi connectivity index (χ3v) is 4.09. The van der Waals surface area contributed by atoms with Crippen molar-refractivity contribution in [3.8, 4) is 0 Å². The molecule has 0 nitrogen and oxygen atoms in total. The van der Waals surface area contributed by atoms with E-state index in [0.29, 0.717) is 5.41 Å². The van der Waals surface area contributed by atoms with Crippen LogP contribution in [-0.2, 0) is 0 Å². The molecular weight excluding hydrogens is 132 g/mol. The predicted molar refractivity (Wildman–Crippen MR) is 44.9 cm³/mol. The summed E-state index contributed by atoms with van der Waals surface area (Å²) in [7, 11) is 0. The molecule has 0 saturated heterocycles. The Morgan fingerprint density at radius 1 is 0.818 bits per heavy atom. The van der Waals surface area contributed by atoms with E-state index in [0.717, 1.165) is 17.8 Å². The lowest BCUT2D eigenvalue weighted by atomic mass is 9.50. The quantitative estimate of drug-likeness (QED) is 0.495. The molecule has 4 fully saturated rings. The van der Waals surface area contributed by atoms with E-state index >= 15 is 0 Å². The first-order chi connectivity index (χ1) is 5.23. The summed E-state index contributed by atoms with van der Waals surface area (Å²) in [6.45, 7) is 6.32. The van der Waals surface area contributed by atoms with Gasteiger partial charge >= 0.3 is 0 Å². The molecule has 11 heavy (non-hydrogen) atoms. The highest BCUT2D eigenvalue weighted by Crippen LogP contribution is 2.59. The first kappa shape index (κ1) is 6.51. The lowest BCUT2D eigenvalue weighted by Gasteiger charge is -2.55. The van der Waals surface area contributed by atoms with Gasteiger partial charge in [-0.3, -0.25) is 0 Å². The van der Waals surface area contributed by atoms with Gasteiger partial charge < -0.3 is 0 Å².